The fourth-order valence-electron chi connectivity index (χ4n) is 9.20. The van der Waals surface area contributed by atoms with Gasteiger partial charge < -0.3 is 5.73 Å². The molecule has 0 aromatic heterocycles. The highest BCUT2D eigenvalue weighted by Gasteiger charge is 2.60. The van der Waals surface area contributed by atoms with E-state index in [1.165, 1.54) is 39.2 Å². The number of rotatable bonds is 3. The quantitative estimate of drug-likeness (QED) is 0.503. The number of nitrogens with two attached hydrogens (primary N) is 1. The monoisotopic (exact) mass is 405 g/mol. The minimum Gasteiger partial charge on any atom is -0.333 e. The van der Waals surface area contributed by atoms with Crippen LogP contribution in [0, 0.1) is 58.7 Å². The lowest BCUT2D eigenvalue weighted by Crippen LogP contribution is -2.56. The lowest BCUT2D eigenvalue weighted by Gasteiger charge is -2.62. The molecule has 10 unspecified atom stereocenters. The van der Waals surface area contributed by atoms with Crippen LogP contribution < -0.4 is 5.73 Å². The maximum atomic E-state index is 4.50. The van der Waals surface area contributed by atoms with Crippen molar-refractivity contribution in [3.63, 3.8) is 0 Å². The van der Waals surface area contributed by atoms with Crippen LogP contribution in [0.3, 0.4) is 0 Å². The summed E-state index contributed by atoms with van der Waals surface area (Å²) in [7, 11) is 1.50. The number of hydrogen-bond donors (Lipinski definition) is 1. The Balaban J connectivity index is 0.000000707. The summed E-state index contributed by atoms with van der Waals surface area (Å²) in [5, 5.41) is 0. The van der Waals surface area contributed by atoms with Crippen molar-refractivity contribution in [2.45, 2.75) is 113 Å². The van der Waals surface area contributed by atoms with Crippen LogP contribution >= 0.6 is 0 Å². The van der Waals surface area contributed by atoms with E-state index >= 15 is 0 Å². The van der Waals surface area contributed by atoms with Gasteiger partial charge in [-0.2, -0.15) is 0 Å². The molecule has 2 N–H and O–H groups in total. The maximum Gasteiger partial charge on any atom is -0.0195 e. The Hall–Kier alpha value is -0.0400. The normalized spacial score (nSPS) is 48.1. The molecule has 0 aromatic carbocycles. The minimum atomic E-state index is 0.685. The van der Waals surface area contributed by atoms with E-state index < -0.39 is 0 Å². The van der Waals surface area contributed by atoms with Crippen LogP contribution in [0.1, 0.15) is 113 Å². The molecule has 0 heterocycles. The van der Waals surface area contributed by atoms with Crippen LogP contribution in [0.2, 0.25) is 0 Å². The van der Waals surface area contributed by atoms with Crippen molar-refractivity contribution in [2.24, 2.45) is 64.4 Å². The molecule has 29 heavy (non-hydrogen) atoms. The number of unbranched alkanes of at least 4 members (excludes halogenated alkanes) is 1. The third kappa shape index (κ3) is 4.61. The first kappa shape index (κ1) is 25.2. The predicted octanol–water partition coefficient (Wildman–Crippen LogP) is 8.17. The molecular weight excluding hydrogens is 350 g/mol. The Bertz CT molecular complexity index is 473. The van der Waals surface area contributed by atoms with E-state index in [4.69, 9.17) is 0 Å². The van der Waals surface area contributed by atoms with E-state index in [1.807, 2.05) is 13.8 Å². The van der Waals surface area contributed by atoms with Gasteiger partial charge in [-0.1, -0.05) is 74.1 Å². The molecule has 1 nitrogen and oxygen atoms in total. The van der Waals surface area contributed by atoms with Gasteiger partial charge >= 0.3 is 0 Å². The van der Waals surface area contributed by atoms with E-state index in [0.717, 1.165) is 53.3 Å². The second-order valence-electron chi connectivity index (χ2n) is 11.3. The van der Waals surface area contributed by atoms with Crippen LogP contribution in [0.15, 0.2) is 0 Å². The third-order valence-electron chi connectivity index (χ3n) is 10.1. The fraction of sp³-hybridized carbons (Fsp3) is 1.00. The zero-order valence-corrected chi connectivity index (χ0v) is 21.3. The lowest BCUT2D eigenvalue weighted by atomic mass is 9.43. The average molecular weight is 406 g/mol. The fourth-order valence-corrected chi connectivity index (χ4v) is 9.20. The highest BCUT2D eigenvalue weighted by atomic mass is 14.6. The molecule has 4 rings (SSSR count). The van der Waals surface area contributed by atoms with Crippen molar-refractivity contribution in [1.29, 1.82) is 0 Å². The topological polar surface area (TPSA) is 26.0 Å². The second kappa shape index (κ2) is 11.0. The molecule has 0 aromatic rings. The van der Waals surface area contributed by atoms with Crippen molar-refractivity contribution >= 4 is 0 Å². The molecule has 10 atom stereocenters. The van der Waals surface area contributed by atoms with Gasteiger partial charge in [0.2, 0.25) is 0 Å². The lowest BCUT2D eigenvalue weighted by molar-refractivity contribution is -0.137. The van der Waals surface area contributed by atoms with Gasteiger partial charge in [-0.25, -0.2) is 0 Å². The molecule has 0 bridgehead atoms. The van der Waals surface area contributed by atoms with Crippen molar-refractivity contribution in [3.8, 4) is 0 Å². The zero-order chi connectivity index (χ0) is 21.8. The van der Waals surface area contributed by atoms with Crippen molar-refractivity contribution < 1.29 is 0 Å². The van der Waals surface area contributed by atoms with Gasteiger partial charge in [0.15, 0.2) is 0 Å². The number of fused-ring (bicyclic) bond motifs is 5. The minimum absolute atomic E-state index is 0.685. The Labute approximate surface area is 184 Å². The molecule has 4 saturated carbocycles. The first-order chi connectivity index (χ1) is 14.0. The Morgan fingerprint density at radius 1 is 0.862 bits per heavy atom. The Morgan fingerprint density at radius 2 is 1.52 bits per heavy atom. The molecular formula is C28H55N. The average Bonchev–Trinajstić information content (AvgIpc) is 3.04. The van der Waals surface area contributed by atoms with Crippen LogP contribution in [-0.4, -0.2) is 7.05 Å². The van der Waals surface area contributed by atoms with Crippen molar-refractivity contribution in [1.82, 2.24) is 0 Å². The van der Waals surface area contributed by atoms with E-state index in [-0.39, 0.29) is 0 Å². The predicted molar refractivity (Wildman–Crippen MR) is 130 cm³/mol. The Morgan fingerprint density at radius 3 is 2.17 bits per heavy atom. The van der Waals surface area contributed by atoms with Crippen LogP contribution in [0.5, 0.6) is 0 Å². The summed E-state index contributed by atoms with van der Waals surface area (Å²) in [4.78, 5) is 0. The first-order valence-electron chi connectivity index (χ1n) is 13.5. The molecule has 1 heteroatoms. The smallest absolute Gasteiger partial charge is 0.0195 e. The summed E-state index contributed by atoms with van der Waals surface area (Å²) in [5.74, 6) is 9.32. The molecule has 0 amide bonds. The molecule has 172 valence electrons. The molecule has 0 spiro atoms. The second-order valence-corrected chi connectivity index (χ2v) is 11.3. The summed E-state index contributed by atoms with van der Waals surface area (Å²) in [6.07, 6.45) is 15.2. The van der Waals surface area contributed by atoms with Crippen molar-refractivity contribution in [3.05, 3.63) is 0 Å². The zero-order valence-electron chi connectivity index (χ0n) is 21.3. The molecule has 4 fully saturated rings. The summed E-state index contributed by atoms with van der Waals surface area (Å²) in [6.45, 7) is 17.1. The van der Waals surface area contributed by atoms with Crippen LogP contribution in [-0.2, 0) is 0 Å². The molecule has 0 radical (unpaired) electrons. The van der Waals surface area contributed by atoms with E-state index in [2.05, 4.69) is 40.4 Å². The van der Waals surface area contributed by atoms with E-state index in [1.54, 1.807) is 32.1 Å². The van der Waals surface area contributed by atoms with Crippen LogP contribution in [0.4, 0.5) is 0 Å². The standard InChI is InChI=1S/C25H44.C2H6.CH5N/c1-6-7-11-20-16(2)14-22-21(20)15-18(4)24-23(22)17(3)13-19-10-8-9-12-25(19,24)5;2*1-2/h16-24H,6-15H2,1-5H3;1-2H3;2H2,1H3. The summed E-state index contributed by atoms with van der Waals surface area (Å²) >= 11 is 0. The van der Waals surface area contributed by atoms with Gasteiger partial charge in [0.05, 0.1) is 0 Å². The van der Waals surface area contributed by atoms with E-state index in [9.17, 15) is 0 Å². The molecule has 4 aliphatic rings. The van der Waals surface area contributed by atoms with Crippen molar-refractivity contribution in [2.75, 3.05) is 7.05 Å². The van der Waals surface area contributed by atoms with Gasteiger partial charge in [0.1, 0.15) is 0 Å². The highest BCUT2D eigenvalue weighted by Crippen LogP contribution is 2.67. The van der Waals surface area contributed by atoms with Gasteiger partial charge in [0.25, 0.3) is 0 Å². The molecule has 0 saturated heterocycles. The van der Waals surface area contributed by atoms with Crippen LogP contribution in [0.25, 0.3) is 0 Å². The first-order valence-corrected chi connectivity index (χ1v) is 13.5. The number of hydrogen-bond acceptors (Lipinski definition) is 1. The van der Waals surface area contributed by atoms with Gasteiger partial charge in [-0.05, 0) is 104 Å². The summed E-state index contributed by atoms with van der Waals surface area (Å²) in [5.41, 5.74) is 5.19. The molecule has 4 aliphatic carbocycles. The molecule has 0 aliphatic heterocycles. The Kier molecular flexibility index (Phi) is 9.58. The summed E-state index contributed by atoms with van der Waals surface area (Å²) in [6, 6.07) is 0. The van der Waals surface area contributed by atoms with Gasteiger partial charge in [-0.15, -0.1) is 0 Å². The van der Waals surface area contributed by atoms with Gasteiger partial charge in [-0.3, -0.25) is 0 Å². The van der Waals surface area contributed by atoms with E-state index in [0.29, 0.717) is 5.41 Å². The third-order valence-corrected chi connectivity index (χ3v) is 10.1. The summed E-state index contributed by atoms with van der Waals surface area (Å²) < 4.78 is 0. The van der Waals surface area contributed by atoms with Gasteiger partial charge in [0, 0.05) is 0 Å². The largest absolute Gasteiger partial charge is 0.333 e. The SMILES string of the molecule is CC.CCCCC1C(C)CC2C1CC(C)C1C2C(C)CC2CCCCC21C.CN. The highest BCUT2D eigenvalue weighted by molar-refractivity contribution is 5.09. The maximum absolute atomic E-state index is 4.50.